The summed E-state index contributed by atoms with van der Waals surface area (Å²) in [5, 5.41) is 8.17. The molecule has 0 aliphatic carbocycles. The fourth-order valence-electron chi connectivity index (χ4n) is 2.07. The standard InChI is InChI=1S/C13H11Cl3N2OS/c14-7-1-8(15)10-9(2-7)20-12(11(10)16)13(19)18-5-6-3-17-4-6/h1-2,6,17H,3-5H2,(H,18,19). The van der Waals surface area contributed by atoms with Crippen molar-refractivity contribution >= 4 is 62.1 Å². The highest BCUT2D eigenvalue weighted by Gasteiger charge is 2.22. The normalized spacial score (nSPS) is 15.3. The van der Waals surface area contributed by atoms with Crippen LogP contribution in [0, 0.1) is 5.92 Å². The Balaban J connectivity index is 1.88. The van der Waals surface area contributed by atoms with E-state index in [0.717, 1.165) is 17.8 Å². The van der Waals surface area contributed by atoms with Gasteiger partial charge in [-0.1, -0.05) is 34.8 Å². The number of thiophene rings is 1. The van der Waals surface area contributed by atoms with E-state index < -0.39 is 0 Å². The topological polar surface area (TPSA) is 41.1 Å². The van der Waals surface area contributed by atoms with Crippen molar-refractivity contribution in [3.05, 3.63) is 32.1 Å². The molecule has 1 fully saturated rings. The average molecular weight is 350 g/mol. The minimum Gasteiger partial charge on any atom is -0.351 e. The largest absolute Gasteiger partial charge is 0.351 e. The molecule has 3 nitrogen and oxygen atoms in total. The monoisotopic (exact) mass is 348 g/mol. The number of halogens is 3. The van der Waals surface area contributed by atoms with Crippen LogP contribution in [0.15, 0.2) is 12.1 Å². The quantitative estimate of drug-likeness (QED) is 0.884. The van der Waals surface area contributed by atoms with Crippen LogP contribution in [0.5, 0.6) is 0 Å². The molecule has 2 heterocycles. The van der Waals surface area contributed by atoms with Crippen LogP contribution < -0.4 is 10.6 Å². The highest BCUT2D eigenvalue weighted by molar-refractivity contribution is 7.21. The number of hydrogen-bond acceptors (Lipinski definition) is 3. The second-order valence-corrected chi connectivity index (χ2v) is 7.01. The molecule has 0 atom stereocenters. The molecule has 1 aliphatic rings. The van der Waals surface area contributed by atoms with Gasteiger partial charge in [-0.2, -0.15) is 0 Å². The first-order chi connectivity index (χ1) is 9.56. The van der Waals surface area contributed by atoms with Gasteiger partial charge in [-0.25, -0.2) is 0 Å². The second-order valence-electron chi connectivity index (χ2n) is 4.74. The summed E-state index contributed by atoms with van der Waals surface area (Å²) in [6, 6.07) is 3.40. The van der Waals surface area contributed by atoms with Gasteiger partial charge in [0.05, 0.1) is 10.0 Å². The van der Waals surface area contributed by atoms with Crippen LogP contribution in [0.25, 0.3) is 10.1 Å². The zero-order valence-corrected chi connectivity index (χ0v) is 13.4. The van der Waals surface area contributed by atoms with Gasteiger partial charge in [-0.15, -0.1) is 11.3 Å². The molecule has 0 saturated carbocycles. The molecule has 0 bridgehead atoms. The van der Waals surface area contributed by atoms with Crippen molar-refractivity contribution in [1.82, 2.24) is 10.6 Å². The Morgan fingerprint density at radius 1 is 1.35 bits per heavy atom. The molecule has 106 valence electrons. The number of carbonyl (C=O) groups is 1. The Morgan fingerprint density at radius 3 is 2.75 bits per heavy atom. The zero-order valence-electron chi connectivity index (χ0n) is 10.3. The summed E-state index contributed by atoms with van der Waals surface area (Å²) >= 11 is 19.7. The number of amides is 1. The Bertz CT molecular complexity index is 682. The molecule has 1 aromatic heterocycles. The SMILES string of the molecule is O=C(NCC1CNC1)c1sc2cc(Cl)cc(Cl)c2c1Cl. The highest BCUT2D eigenvalue weighted by atomic mass is 35.5. The van der Waals surface area contributed by atoms with Crippen LogP contribution in [0.3, 0.4) is 0 Å². The molecule has 1 aliphatic heterocycles. The van der Waals surface area contributed by atoms with Crippen molar-refractivity contribution in [3.8, 4) is 0 Å². The van der Waals surface area contributed by atoms with Gasteiger partial charge >= 0.3 is 0 Å². The Kier molecular flexibility index (Phi) is 4.11. The van der Waals surface area contributed by atoms with E-state index in [4.69, 9.17) is 34.8 Å². The van der Waals surface area contributed by atoms with Gasteiger partial charge < -0.3 is 10.6 Å². The molecule has 7 heteroatoms. The first-order valence-corrected chi connectivity index (χ1v) is 8.07. The summed E-state index contributed by atoms with van der Waals surface area (Å²) in [4.78, 5) is 12.7. The number of rotatable bonds is 3. The van der Waals surface area contributed by atoms with E-state index in [2.05, 4.69) is 10.6 Å². The first kappa shape index (κ1) is 14.4. The average Bonchev–Trinajstić information content (AvgIpc) is 2.64. The summed E-state index contributed by atoms with van der Waals surface area (Å²) in [5.41, 5.74) is 0. The third kappa shape index (κ3) is 2.63. The van der Waals surface area contributed by atoms with E-state index in [1.54, 1.807) is 12.1 Å². The van der Waals surface area contributed by atoms with Gasteiger partial charge in [-0.05, 0) is 12.1 Å². The second kappa shape index (κ2) is 5.70. The molecule has 0 unspecified atom stereocenters. The summed E-state index contributed by atoms with van der Waals surface area (Å²) in [7, 11) is 0. The number of nitrogens with one attached hydrogen (secondary N) is 2. The molecule has 3 rings (SSSR count). The van der Waals surface area contributed by atoms with Crippen LogP contribution in [-0.4, -0.2) is 25.5 Å². The van der Waals surface area contributed by atoms with Crippen LogP contribution in [-0.2, 0) is 0 Å². The molecule has 2 aromatic rings. The number of benzene rings is 1. The van der Waals surface area contributed by atoms with Crippen molar-refractivity contribution in [2.75, 3.05) is 19.6 Å². The predicted molar refractivity (Wildman–Crippen MR) is 85.5 cm³/mol. The molecule has 0 spiro atoms. The third-order valence-corrected chi connectivity index (χ3v) is 5.42. The molecular formula is C13H11Cl3N2OS. The minimum absolute atomic E-state index is 0.157. The maximum Gasteiger partial charge on any atom is 0.262 e. The fraction of sp³-hybridized carbons (Fsp3) is 0.308. The maximum absolute atomic E-state index is 12.2. The van der Waals surface area contributed by atoms with Gasteiger partial charge in [0.2, 0.25) is 0 Å². The lowest BCUT2D eigenvalue weighted by Crippen LogP contribution is -2.48. The summed E-state index contributed by atoms with van der Waals surface area (Å²) in [6.45, 7) is 2.55. The van der Waals surface area contributed by atoms with Crippen molar-refractivity contribution in [2.45, 2.75) is 0 Å². The van der Waals surface area contributed by atoms with Gasteiger partial charge in [-0.3, -0.25) is 4.79 Å². The van der Waals surface area contributed by atoms with Crippen molar-refractivity contribution < 1.29 is 4.79 Å². The zero-order chi connectivity index (χ0) is 14.3. The highest BCUT2D eigenvalue weighted by Crippen LogP contribution is 2.41. The van der Waals surface area contributed by atoms with E-state index in [0.29, 0.717) is 37.8 Å². The predicted octanol–water partition coefficient (Wildman–Crippen LogP) is 3.81. The van der Waals surface area contributed by atoms with Gasteiger partial charge in [0.15, 0.2) is 0 Å². The Morgan fingerprint density at radius 2 is 2.10 bits per heavy atom. The van der Waals surface area contributed by atoms with E-state index >= 15 is 0 Å². The van der Waals surface area contributed by atoms with Gasteiger partial charge in [0, 0.05) is 40.7 Å². The Hall–Kier alpha value is -0.520. The van der Waals surface area contributed by atoms with Crippen LogP contribution in [0.1, 0.15) is 9.67 Å². The fourth-order valence-corrected chi connectivity index (χ4v) is 4.36. The lowest BCUT2D eigenvalue weighted by atomic mass is 10.0. The van der Waals surface area contributed by atoms with Gasteiger partial charge in [0.25, 0.3) is 5.91 Å². The number of fused-ring (bicyclic) bond motifs is 1. The van der Waals surface area contributed by atoms with Crippen molar-refractivity contribution in [2.24, 2.45) is 5.92 Å². The number of hydrogen-bond donors (Lipinski definition) is 2. The lowest BCUT2D eigenvalue weighted by Gasteiger charge is -2.26. The molecule has 1 amide bonds. The van der Waals surface area contributed by atoms with Crippen LogP contribution >= 0.6 is 46.1 Å². The van der Waals surface area contributed by atoms with E-state index in [1.807, 2.05) is 0 Å². The third-order valence-electron chi connectivity index (χ3n) is 3.27. The summed E-state index contributed by atoms with van der Waals surface area (Å²) < 4.78 is 0.822. The molecule has 1 aromatic carbocycles. The smallest absolute Gasteiger partial charge is 0.262 e. The van der Waals surface area contributed by atoms with E-state index in [-0.39, 0.29) is 5.91 Å². The van der Waals surface area contributed by atoms with Gasteiger partial charge in [0.1, 0.15) is 4.88 Å². The van der Waals surface area contributed by atoms with Crippen LogP contribution in [0.2, 0.25) is 15.1 Å². The van der Waals surface area contributed by atoms with E-state index in [9.17, 15) is 4.79 Å². The molecule has 20 heavy (non-hydrogen) atoms. The number of carbonyl (C=O) groups excluding carboxylic acids is 1. The molecule has 2 N–H and O–H groups in total. The maximum atomic E-state index is 12.2. The van der Waals surface area contributed by atoms with Crippen molar-refractivity contribution in [1.29, 1.82) is 0 Å². The molecule has 0 radical (unpaired) electrons. The first-order valence-electron chi connectivity index (χ1n) is 6.12. The molecule has 1 saturated heterocycles. The minimum atomic E-state index is -0.157. The lowest BCUT2D eigenvalue weighted by molar-refractivity contribution is 0.0946. The summed E-state index contributed by atoms with van der Waals surface area (Å²) in [5.74, 6) is 0.348. The molecular weight excluding hydrogens is 339 g/mol. The van der Waals surface area contributed by atoms with Crippen molar-refractivity contribution in [3.63, 3.8) is 0 Å². The summed E-state index contributed by atoms with van der Waals surface area (Å²) in [6.07, 6.45) is 0. The Labute approximate surface area is 135 Å². The van der Waals surface area contributed by atoms with E-state index in [1.165, 1.54) is 11.3 Å². The van der Waals surface area contributed by atoms with Crippen LogP contribution in [0.4, 0.5) is 0 Å².